The molecule has 1 saturated heterocycles. The van der Waals surface area contributed by atoms with Gasteiger partial charge in [0.1, 0.15) is 5.82 Å². The molecule has 0 aliphatic carbocycles. The topological polar surface area (TPSA) is 46.3 Å². The lowest BCUT2D eigenvalue weighted by atomic mass is 9.95. The monoisotopic (exact) mass is 272 g/mol. The highest BCUT2D eigenvalue weighted by Crippen LogP contribution is 2.36. The number of likely N-dealkylation sites (tertiary alicyclic amines) is 1. The fourth-order valence-electron chi connectivity index (χ4n) is 2.54. The van der Waals surface area contributed by atoms with Gasteiger partial charge in [-0.15, -0.1) is 12.4 Å². The second kappa shape index (κ2) is 6.16. The van der Waals surface area contributed by atoms with Crippen LogP contribution in [0.4, 0.5) is 4.39 Å². The molecule has 5 heteroatoms. The first-order valence-corrected chi connectivity index (χ1v) is 5.88. The van der Waals surface area contributed by atoms with E-state index in [4.69, 9.17) is 5.73 Å². The molecule has 2 rings (SSSR count). The molecule has 1 aromatic carbocycles. The Morgan fingerprint density at radius 2 is 2.28 bits per heavy atom. The molecule has 2 unspecified atom stereocenters. The molecule has 0 radical (unpaired) electrons. The molecule has 1 aromatic rings. The summed E-state index contributed by atoms with van der Waals surface area (Å²) in [6.45, 7) is 2.80. The van der Waals surface area contributed by atoms with Gasteiger partial charge in [-0.25, -0.2) is 4.39 Å². The molecule has 1 heterocycles. The van der Waals surface area contributed by atoms with Crippen molar-refractivity contribution in [1.29, 1.82) is 0 Å². The Hall–Kier alpha value is -1.13. The Balaban J connectivity index is 0.00000162. The van der Waals surface area contributed by atoms with Crippen molar-refractivity contribution in [3.63, 3.8) is 0 Å². The fraction of sp³-hybridized carbons (Fsp3) is 0.462. The van der Waals surface area contributed by atoms with Crippen LogP contribution in [0.3, 0.4) is 0 Å². The molecule has 100 valence electrons. The molecule has 1 amide bonds. The van der Waals surface area contributed by atoms with Crippen molar-refractivity contribution in [2.45, 2.75) is 19.4 Å². The smallest absolute Gasteiger partial charge is 0.236 e. The van der Waals surface area contributed by atoms with Crippen LogP contribution in [0.25, 0.3) is 0 Å². The van der Waals surface area contributed by atoms with Crippen molar-refractivity contribution < 1.29 is 9.18 Å². The van der Waals surface area contributed by atoms with Crippen LogP contribution >= 0.6 is 12.4 Å². The van der Waals surface area contributed by atoms with Gasteiger partial charge < -0.3 is 10.6 Å². The molecule has 0 spiro atoms. The van der Waals surface area contributed by atoms with E-state index in [0.717, 1.165) is 12.0 Å². The van der Waals surface area contributed by atoms with Crippen LogP contribution in [0.5, 0.6) is 0 Å². The van der Waals surface area contributed by atoms with E-state index in [9.17, 15) is 9.18 Å². The van der Waals surface area contributed by atoms with Crippen molar-refractivity contribution in [2.24, 2.45) is 11.7 Å². The highest BCUT2D eigenvalue weighted by Gasteiger charge is 2.34. The zero-order valence-electron chi connectivity index (χ0n) is 10.3. The molecule has 0 saturated carbocycles. The summed E-state index contributed by atoms with van der Waals surface area (Å²) in [4.78, 5) is 13.5. The van der Waals surface area contributed by atoms with Crippen LogP contribution in [-0.2, 0) is 4.79 Å². The van der Waals surface area contributed by atoms with Crippen molar-refractivity contribution in [3.8, 4) is 0 Å². The first-order chi connectivity index (χ1) is 8.13. The number of carbonyl (C=O) groups is 1. The van der Waals surface area contributed by atoms with Gasteiger partial charge in [-0.05, 0) is 30.0 Å². The molecule has 1 aliphatic rings. The summed E-state index contributed by atoms with van der Waals surface area (Å²) in [6, 6.07) is 6.43. The van der Waals surface area contributed by atoms with Crippen LogP contribution in [0.1, 0.15) is 24.9 Å². The van der Waals surface area contributed by atoms with E-state index in [1.807, 2.05) is 6.07 Å². The highest BCUT2D eigenvalue weighted by atomic mass is 35.5. The Morgan fingerprint density at radius 3 is 2.89 bits per heavy atom. The van der Waals surface area contributed by atoms with Gasteiger partial charge in [0.15, 0.2) is 0 Å². The van der Waals surface area contributed by atoms with Crippen LogP contribution in [0.15, 0.2) is 24.3 Å². The van der Waals surface area contributed by atoms with Gasteiger partial charge in [0.25, 0.3) is 0 Å². The number of amides is 1. The van der Waals surface area contributed by atoms with E-state index in [1.54, 1.807) is 11.0 Å². The van der Waals surface area contributed by atoms with Crippen LogP contribution < -0.4 is 5.73 Å². The number of benzene rings is 1. The van der Waals surface area contributed by atoms with Crippen molar-refractivity contribution in [3.05, 3.63) is 35.6 Å². The largest absolute Gasteiger partial charge is 0.334 e. The molecule has 18 heavy (non-hydrogen) atoms. The predicted molar refractivity (Wildman–Crippen MR) is 70.9 cm³/mol. The van der Waals surface area contributed by atoms with E-state index >= 15 is 0 Å². The minimum absolute atomic E-state index is 0. The third-order valence-corrected chi connectivity index (χ3v) is 3.39. The molecule has 1 fully saturated rings. The van der Waals surface area contributed by atoms with Gasteiger partial charge >= 0.3 is 0 Å². The zero-order chi connectivity index (χ0) is 12.4. The van der Waals surface area contributed by atoms with Crippen LogP contribution in [0.2, 0.25) is 0 Å². The standard InChI is InChI=1S/C13H17FN2O.ClH/c1-9-5-6-16(12(17)8-15)13(9)10-3-2-4-11(14)7-10;/h2-4,7,9,13H,5-6,8,15H2,1H3;1H. The third kappa shape index (κ3) is 2.82. The molecule has 0 aromatic heterocycles. The minimum Gasteiger partial charge on any atom is -0.334 e. The predicted octanol–water partition coefficient (Wildman–Crippen LogP) is 2.12. The fourth-order valence-corrected chi connectivity index (χ4v) is 2.54. The van der Waals surface area contributed by atoms with E-state index < -0.39 is 0 Å². The molecular formula is C13H18ClFN2O. The lowest BCUT2D eigenvalue weighted by Crippen LogP contribution is -2.36. The SMILES string of the molecule is CC1CCN(C(=O)CN)C1c1cccc(F)c1.Cl. The number of carbonyl (C=O) groups excluding carboxylic acids is 1. The number of rotatable bonds is 2. The summed E-state index contributed by atoms with van der Waals surface area (Å²) in [5.74, 6) is 0.0117. The Bertz CT molecular complexity index is 427. The van der Waals surface area contributed by atoms with Crippen LogP contribution in [-0.4, -0.2) is 23.9 Å². The first kappa shape index (κ1) is 14.9. The zero-order valence-corrected chi connectivity index (χ0v) is 11.1. The lowest BCUT2D eigenvalue weighted by Gasteiger charge is -2.27. The summed E-state index contributed by atoms with van der Waals surface area (Å²) in [6.07, 6.45) is 0.937. The Morgan fingerprint density at radius 1 is 1.56 bits per heavy atom. The van der Waals surface area contributed by atoms with Gasteiger partial charge in [-0.1, -0.05) is 19.1 Å². The number of hydrogen-bond acceptors (Lipinski definition) is 2. The number of nitrogens with two attached hydrogens (primary N) is 1. The summed E-state index contributed by atoms with van der Waals surface area (Å²) >= 11 is 0. The average molecular weight is 273 g/mol. The maximum Gasteiger partial charge on any atom is 0.236 e. The van der Waals surface area contributed by atoms with Crippen LogP contribution in [0, 0.1) is 11.7 Å². The molecular weight excluding hydrogens is 255 g/mol. The van der Waals surface area contributed by atoms with Gasteiger partial charge in [0.05, 0.1) is 12.6 Å². The lowest BCUT2D eigenvalue weighted by molar-refractivity contribution is -0.130. The first-order valence-electron chi connectivity index (χ1n) is 5.88. The summed E-state index contributed by atoms with van der Waals surface area (Å²) in [5, 5.41) is 0. The maximum atomic E-state index is 13.2. The van der Waals surface area contributed by atoms with E-state index in [-0.39, 0.29) is 36.7 Å². The van der Waals surface area contributed by atoms with E-state index in [2.05, 4.69) is 6.92 Å². The highest BCUT2D eigenvalue weighted by molar-refractivity contribution is 5.85. The maximum absolute atomic E-state index is 13.2. The van der Waals surface area contributed by atoms with Crippen molar-refractivity contribution in [1.82, 2.24) is 4.90 Å². The molecule has 1 aliphatic heterocycles. The summed E-state index contributed by atoms with van der Waals surface area (Å²) in [7, 11) is 0. The molecule has 2 atom stereocenters. The van der Waals surface area contributed by atoms with Crippen molar-refractivity contribution >= 4 is 18.3 Å². The normalized spacial score (nSPS) is 22.7. The van der Waals surface area contributed by atoms with Crippen molar-refractivity contribution in [2.75, 3.05) is 13.1 Å². The summed E-state index contributed by atoms with van der Waals surface area (Å²) in [5.41, 5.74) is 6.26. The molecule has 0 bridgehead atoms. The second-order valence-electron chi connectivity index (χ2n) is 4.56. The minimum atomic E-state index is -0.262. The Kier molecular flexibility index (Phi) is 5.11. The van der Waals surface area contributed by atoms with E-state index in [0.29, 0.717) is 12.5 Å². The van der Waals surface area contributed by atoms with E-state index in [1.165, 1.54) is 12.1 Å². The Labute approximate surface area is 113 Å². The molecule has 3 nitrogen and oxygen atoms in total. The van der Waals surface area contributed by atoms with Gasteiger partial charge in [-0.3, -0.25) is 4.79 Å². The third-order valence-electron chi connectivity index (χ3n) is 3.39. The van der Waals surface area contributed by atoms with Gasteiger partial charge in [0, 0.05) is 6.54 Å². The number of hydrogen-bond donors (Lipinski definition) is 1. The second-order valence-corrected chi connectivity index (χ2v) is 4.56. The molecule has 2 N–H and O–H groups in total. The van der Waals surface area contributed by atoms with Gasteiger partial charge in [-0.2, -0.15) is 0 Å². The van der Waals surface area contributed by atoms with Gasteiger partial charge in [0.2, 0.25) is 5.91 Å². The summed E-state index contributed by atoms with van der Waals surface area (Å²) < 4.78 is 13.2. The number of nitrogens with zero attached hydrogens (tertiary/aromatic N) is 1. The number of halogens is 2. The quantitative estimate of drug-likeness (QED) is 0.896. The average Bonchev–Trinajstić information content (AvgIpc) is 2.70.